The van der Waals surface area contributed by atoms with Gasteiger partial charge in [-0.2, -0.15) is 13.2 Å². The van der Waals surface area contributed by atoms with Gasteiger partial charge in [-0.3, -0.25) is 0 Å². The zero-order valence-electron chi connectivity index (χ0n) is 8.17. The third-order valence-electron chi connectivity index (χ3n) is 2.69. The number of rotatable bonds is 0. The van der Waals surface area contributed by atoms with Crippen LogP contribution in [0.1, 0.15) is 5.56 Å². The number of imidazole rings is 1. The summed E-state index contributed by atoms with van der Waals surface area (Å²) in [5.41, 5.74) is 0.474. The van der Waals surface area contributed by atoms with E-state index in [9.17, 15) is 13.2 Å². The Balaban J connectivity index is 2.21. The van der Waals surface area contributed by atoms with E-state index in [1.807, 2.05) is 4.57 Å². The molecule has 3 rings (SSSR count). The number of fused-ring (bicyclic) bond motifs is 3. The molecule has 2 heterocycles. The van der Waals surface area contributed by atoms with Gasteiger partial charge in [0.25, 0.3) is 0 Å². The Morgan fingerprint density at radius 2 is 2.12 bits per heavy atom. The summed E-state index contributed by atoms with van der Waals surface area (Å²) < 4.78 is 39.3. The van der Waals surface area contributed by atoms with Crippen LogP contribution in [-0.2, 0) is 12.7 Å². The maximum absolute atomic E-state index is 12.5. The van der Waals surface area contributed by atoms with Crippen molar-refractivity contribution in [3.63, 3.8) is 0 Å². The third-order valence-corrected chi connectivity index (χ3v) is 2.69. The van der Waals surface area contributed by atoms with Gasteiger partial charge in [0.1, 0.15) is 0 Å². The van der Waals surface area contributed by atoms with E-state index in [1.54, 1.807) is 0 Å². The number of halogens is 3. The number of hydrogen-bond donors (Lipinski definition) is 1. The van der Waals surface area contributed by atoms with E-state index in [-0.39, 0.29) is 0 Å². The monoisotopic (exact) mass is 227 g/mol. The predicted molar refractivity (Wildman–Crippen MR) is 53.2 cm³/mol. The van der Waals surface area contributed by atoms with Gasteiger partial charge in [0.15, 0.2) is 0 Å². The largest absolute Gasteiger partial charge is 0.416 e. The van der Waals surface area contributed by atoms with E-state index in [2.05, 4.69) is 10.3 Å². The summed E-state index contributed by atoms with van der Waals surface area (Å²) in [4.78, 5) is 4.12. The Bertz CT molecular complexity index is 556. The van der Waals surface area contributed by atoms with Gasteiger partial charge in [0.2, 0.25) is 5.95 Å². The number of nitrogens with zero attached hydrogens (tertiary/aromatic N) is 2. The first-order valence-electron chi connectivity index (χ1n) is 4.87. The lowest BCUT2D eigenvalue weighted by molar-refractivity contribution is -0.137. The van der Waals surface area contributed by atoms with Crippen LogP contribution in [-0.4, -0.2) is 16.1 Å². The van der Waals surface area contributed by atoms with Crippen molar-refractivity contribution in [1.29, 1.82) is 0 Å². The molecule has 0 radical (unpaired) electrons. The fourth-order valence-electron chi connectivity index (χ4n) is 1.95. The zero-order valence-corrected chi connectivity index (χ0v) is 8.17. The number of benzene rings is 1. The molecule has 0 atom stereocenters. The fourth-order valence-corrected chi connectivity index (χ4v) is 1.95. The van der Waals surface area contributed by atoms with E-state index in [4.69, 9.17) is 0 Å². The fraction of sp³-hybridized carbons (Fsp3) is 0.300. The summed E-state index contributed by atoms with van der Waals surface area (Å²) in [7, 11) is 0. The quantitative estimate of drug-likeness (QED) is 0.749. The van der Waals surface area contributed by atoms with Gasteiger partial charge in [0.05, 0.1) is 16.6 Å². The van der Waals surface area contributed by atoms with E-state index in [1.165, 1.54) is 6.07 Å². The van der Waals surface area contributed by atoms with Crippen LogP contribution in [0.25, 0.3) is 11.0 Å². The molecular weight excluding hydrogens is 219 g/mol. The number of hydrogen-bond acceptors (Lipinski definition) is 2. The highest BCUT2D eigenvalue weighted by atomic mass is 19.4. The summed E-state index contributed by atoms with van der Waals surface area (Å²) in [6.45, 7) is 1.52. The first-order chi connectivity index (χ1) is 7.55. The summed E-state index contributed by atoms with van der Waals surface area (Å²) in [6, 6.07) is 3.65. The minimum atomic E-state index is -4.31. The Morgan fingerprint density at radius 3 is 2.88 bits per heavy atom. The summed E-state index contributed by atoms with van der Waals surface area (Å²) in [6.07, 6.45) is -4.31. The summed E-state index contributed by atoms with van der Waals surface area (Å²) in [5, 5.41) is 3.02. The van der Waals surface area contributed by atoms with Gasteiger partial charge in [-0.05, 0) is 18.2 Å². The zero-order chi connectivity index (χ0) is 11.3. The first-order valence-corrected chi connectivity index (χ1v) is 4.87. The van der Waals surface area contributed by atoms with Crippen LogP contribution in [0.15, 0.2) is 18.2 Å². The minimum Gasteiger partial charge on any atom is -0.354 e. The van der Waals surface area contributed by atoms with Crippen molar-refractivity contribution in [3.05, 3.63) is 23.8 Å². The Kier molecular flexibility index (Phi) is 1.72. The van der Waals surface area contributed by atoms with Gasteiger partial charge in [-0.1, -0.05) is 0 Å². The van der Waals surface area contributed by atoms with Gasteiger partial charge in [-0.25, -0.2) is 4.98 Å². The van der Waals surface area contributed by atoms with E-state index in [0.717, 1.165) is 30.7 Å². The van der Waals surface area contributed by atoms with Crippen molar-refractivity contribution >= 4 is 17.0 Å². The number of nitrogens with one attached hydrogen (secondary N) is 1. The summed E-state index contributed by atoms with van der Waals surface area (Å²) in [5.74, 6) is 0.648. The van der Waals surface area contributed by atoms with Gasteiger partial charge in [0, 0.05) is 13.1 Å². The van der Waals surface area contributed by atoms with Gasteiger partial charge < -0.3 is 9.88 Å². The van der Waals surface area contributed by atoms with E-state index >= 15 is 0 Å². The highest BCUT2D eigenvalue weighted by Crippen LogP contribution is 2.32. The molecule has 0 fully saturated rings. The molecule has 6 heteroatoms. The van der Waals surface area contributed by atoms with Crippen LogP contribution in [0.4, 0.5) is 19.1 Å². The van der Waals surface area contributed by atoms with Gasteiger partial charge >= 0.3 is 6.18 Å². The van der Waals surface area contributed by atoms with Crippen molar-refractivity contribution in [1.82, 2.24) is 9.55 Å². The van der Waals surface area contributed by atoms with Crippen LogP contribution < -0.4 is 5.32 Å². The standard InChI is InChI=1S/C10H8F3N3/c11-10(12,13)6-1-2-8-7(5-6)15-9-14-3-4-16(8)9/h1-2,5H,3-4H2,(H,14,15). The van der Waals surface area contributed by atoms with Crippen molar-refractivity contribution < 1.29 is 13.2 Å². The Hall–Kier alpha value is -1.72. The summed E-state index contributed by atoms with van der Waals surface area (Å²) >= 11 is 0. The van der Waals surface area contributed by atoms with Gasteiger partial charge in [-0.15, -0.1) is 0 Å². The van der Waals surface area contributed by atoms with Crippen LogP contribution >= 0.6 is 0 Å². The second-order valence-corrected chi connectivity index (χ2v) is 3.72. The molecule has 84 valence electrons. The van der Waals surface area contributed by atoms with Crippen molar-refractivity contribution in [3.8, 4) is 0 Å². The predicted octanol–water partition coefficient (Wildman–Crippen LogP) is 2.48. The lowest BCUT2D eigenvalue weighted by atomic mass is 10.2. The molecule has 0 saturated carbocycles. The average molecular weight is 227 g/mol. The molecule has 0 bridgehead atoms. The van der Waals surface area contributed by atoms with Crippen LogP contribution in [0.5, 0.6) is 0 Å². The topological polar surface area (TPSA) is 29.9 Å². The molecule has 3 nitrogen and oxygen atoms in total. The lowest BCUT2D eigenvalue weighted by Crippen LogP contribution is -2.04. The molecule has 1 aliphatic rings. The van der Waals surface area contributed by atoms with E-state index in [0.29, 0.717) is 11.5 Å². The molecular formula is C10H8F3N3. The molecule has 16 heavy (non-hydrogen) atoms. The Morgan fingerprint density at radius 1 is 1.31 bits per heavy atom. The van der Waals surface area contributed by atoms with Crippen LogP contribution in [0.2, 0.25) is 0 Å². The molecule has 0 spiro atoms. The molecule has 2 aromatic rings. The first kappa shape index (κ1) is 9.50. The molecule has 0 saturated heterocycles. The Labute approximate surface area is 88.9 Å². The second-order valence-electron chi connectivity index (χ2n) is 3.72. The molecule has 0 amide bonds. The number of alkyl halides is 3. The van der Waals surface area contributed by atoms with Crippen molar-refractivity contribution in [2.45, 2.75) is 12.7 Å². The highest BCUT2D eigenvalue weighted by Gasteiger charge is 2.31. The van der Waals surface area contributed by atoms with Crippen LogP contribution in [0.3, 0.4) is 0 Å². The maximum atomic E-state index is 12.5. The highest BCUT2D eigenvalue weighted by molar-refractivity contribution is 5.80. The SMILES string of the molecule is FC(F)(F)c1ccc2c(c1)nc1n2CCN1. The number of aromatic nitrogens is 2. The maximum Gasteiger partial charge on any atom is 0.416 e. The molecule has 1 aromatic carbocycles. The molecule has 0 aliphatic carbocycles. The van der Waals surface area contributed by atoms with E-state index < -0.39 is 11.7 Å². The molecule has 0 unspecified atom stereocenters. The molecule has 1 aromatic heterocycles. The van der Waals surface area contributed by atoms with Crippen LogP contribution in [0, 0.1) is 0 Å². The average Bonchev–Trinajstić information content (AvgIpc) is 2.74. The lowest BCUT2D eigenvalue weighted by Gasteiger charge is -2.06. The second kappa shape index (κ2) is 2.90. The molecule has 1 N–H and O–H groups in total. The smallest absolute Gasteiger partial charge is 0.354 e. The van der Waals surface area contributed by atoms with Crippen molar-refractivity contribution in [2.75, 3.05) is 11.9 Å². The normalized spacial score (nSPS) is 15.2. The van der Waals surface area contributed by atoms with Crippen molar-refractivity contribution in [2.24, 2.45) is 0 Å². The minimum absolute atomic E-state index is 0.386. The third kappa shape index (κ3) is 1.26. The molecule has 1 aliphatic heterocycles. The number of anilines is 1.